The Balaban J connectivity index is 1.89. The second-order valence-corrected chi connectivity index (χ2v) is 7.17. The number of nitriles is 1. The molecule has 0 saturated carbocycles. The molecule has 142 valence electrons. The number of benzene rings is 2. The molecule has 3 rings (SSSR count). The minimum absolute atomic E-state index is 0.171. The summed E-state index contributed by atoms with van der Waals surface area (Å²) >= 11 is 4.65. The van der Waals surface area contributed by atoms with Gasteiger partial charge in [0.1, 0.15) is 10.8 Å². The maximum absolute atomic E-state index is 12.6. The highest BCUT2D eigenvalue weighted by Crippen LogP contribution is 2.38. The van der Waals surface area contributed by atoms with Crippen molar-refractivity contribution in [3.63, 3.8) is 0 Å². The Bertz CT molecular complexity index is 1060. The molecule has 0 radical (unpaired) electrons. The van der Waals surface area contributed by atoms with Crippen LogP contribution in [0.3, 0.4) is 0 Å². The molecule has 0 amide bonds. The molecule has 28 heavy (non-hydrogen) atoms. The zero-order valence-corrected chi connectivity index (χ0v) is 17.5. The van der Waals surface area contributed by atoms with Gasteiger partial charge in [-0.25, -0.2) is 9.78 Å². The van der Waals surface area contributed by atoms with Crippen LogP contribution in [-0.2, 0) is 0 Å². The highest BCUT2D eigenvalue weighted by atomic mass is 79.9. The van der Waals surface area contributed by atoms with Crippen molar-refractivity contribution < 1.29 is 19.0 Å². The minimum Gasteiger partial charge on any atom is -0.496 e. The van der Waals surface area contributed by atoms with Gasteiger partial charge in [0.05, 0.1) is 35.4 Å². The Morgan fingerprint density at radius 2 is 2.07 bits per heavy atom. The summed E-state index contributed by atoms with van der Waals surface area (Å²) in [6, 6.07) is 12.6. The van der Waals surface area contributed by atoms with Crippen molar-refractivity contribution in [2.75, 3.05) is 13.7 Å². The maximum atomic E-state index is 12.6. The number of carbonyl (C=O) groups excluding carboxylic acids is 1. The van der Waals surface area contributed by atoms with Gasteiger partial charge in [-0.05, 0) is 41.1 Å². The van der Waals surface area contributed by atoms with Crippen LogP contribution in [0, 0.1) is 11.3 Å². The van der Waals surface area contributed by atoms with Gasteiger partial charge in [0.15, 0.2) is 17.2 Å². The van der Waals surface area contributed by atoms with Gasteiger partial charge in [0.25, 0.3) is 0 Å². The zero-order valence-electron chi connectivity index (χ0n) is 15.1. The monoisotopic (exact) mass is 458 g/mol. The summed E-state index contributed by atoms with van der Waals surface area (Å²) in [6.45, 7) is 2.17. The molecule has 0 saturated heterocycles. The van der Waals surface area contributed by atoms with Crippen LogP contribution in [0.5, 0.6) is 17.2 Å². The van der Waals surface area contributed by atoms with Gasteiger partial charge in [-0.2, -0.15) is 5.26 Å². The van der Waals surface area contributed by atoms with E-state index in [-0.39, 0.29) is 11.4 Å². The predicted molar refractivity (Wildman–Crippen MR) is 109 cm³/mol. The number of halogens is 1. The summed E-state index contributed by atoms with van der Waals surface area (Å²) in [6.07, 6.45) is 0. The van der Waals surface area contributed by atoms with Crippen molar-refractivity contribution in [2.45, 2.75) is 6.92 Å². The number of thiazole rings is 1. The van der Waals surface area contributed by atoms with Gasteiger partial charge in [0, 0.05) is 11.4 Å². The lowest BCUT2D eigenvalue weighted by Gasteiger charge is -2.12. The molecular weight excluding hydrogens is 444 g/mol. The molecule has 8 heteroatoms. The van der Waals surface area contributed by atoms with E-state index in [9.17, 15) is 4.79 Å². The standard InChI is InChI=1S/C20H15BrN2O4S/c1-3-26-17-9-12(10-22)8-14(21)18(17)27-20(24)15-11-28-19(23-15)13-6-4-5-7-16(13)25-2/h4-9,11H,3H2,1-2H3. The van der Waals surface area contributed by atoms with E-state index < -0.39 is 5.97 Å². The van der Waals surface area contributed by atoms with E-state index in [1.165, 1.54) is 17.4 Å². The first-order chi connectivity index (χ1) is 13.6. The van der Waals surface area contributed by atoms with Crippen molar-refractivity contribution in [3.8, 4) is 33.9 Å². The second-order valence-electron chi connectivity index (χ2n) is 5.46. The number of aromatic nitrogens is 1. The number of hydrogen-bond donors (Lipinski definition) is 0. The Hall–Kier alpha value is -2.89. The van der Waals surface area contributed by atoms with Crippen molar-refractivity contribution >= 4 is 33.2 Å². The molecule has 0 N–H and O–H groups in total. The molecule has 0 fully saturated rings. The van der Waals surface area contributed by atoms with E-state index in [4.69, 9.17) is 19.5 Å². The summed E-state index contributed by atoms with van der Waals surface area (Å²) in [5.74, 6) is 0.564. The molecule has 3 aromatic rings. The average molecular weight is 459 g/mol. The molecule has 0 unspecified atom stereocenters. The highest BCUT2D eigenvalue weighted by Gasteiger charge is 2.20. The molecule has 0 bridgehead atoms. The molecule has 2 aromatic carbocycles. The third-order valence-corrected chi connectivity index (χ3v) is 5.15. The topological polar surface area (TPSA) is 81.4 Å². The number of carbonyl (C=O) groups is 1. The van der Waals surface area contributed by atoms with Crippen LogP contribution < -0.4 is 14.2 Å². The van der Waals surface area contributed by atoms with Crippen molar-refractivity contribution in [1.82, 2.24) is 4.98 Å². The Morgan fingerprint density at radius 3 is 2.79 bits per heavy atom. The number of methoxy groups -OCH3 is 1. The van der Waals surface area contributed by atoms with Crippen LogP contribution in [0.15, 0.2) is 46.3 Å². The van der Waals surface area contributed by atoms with Crippen molar-refractivity contribution in [2.24, 2.45) is 0 Å². The fourth-order valence-corrected chi connectivity index (χ4v) is 3.79. The van der Waals surface area contributed by atoms with Gasteiger partial charge < -0.3 is 14.2 Å². The molecule has 1 aromatic heterocycles. The Kier molecular flexibility index (Phi) is 6.29. The first kappa shape index (κ1) is 19.9. The maximum Gasteiger partial charge on any atom is 0.363 e. The van der Waals surface area contributed by atoms with E-state index in [0.29, 0.717) is 33.1 Å². The average Bonchev–Trinajstić information content (AvgIpc) is 3.20. The van der Waals surface area contributed by atoms with Crippen LogP contribution in [0.25, 0.3) is 10.6 Å². The second kappa shape index (κ2) is 8.87. The normalized spacial score (nSPS) is 10.2. The van der Waals surface area contributed by atoms with Crippen molar-refractivity contribution in [1.29, 1.82) is 5.26 Å². The molecule has 0 aliphatic carbocycles. The van der Waals surface area contributed by atoms with Gasteiger partial charge in [-0.3, -0.25) is 0 Å². The number of para-hydroxylation sites is 1. The van der Waals surface area contributed by atoms with Crippen LogP contribution in [0.1, 0.15) is 23.0 Å². The zero-order chi connectivity index (χ0) is 20.1. The lowest BCUT2D eigenvalue weighted by Crippen LogP contribution is -2.11. The molecule has 0 aliphatic heterocycles. The lowest BCUT2D eigenvalue weighted by molar-refractivity contribution is 0.0722. The molecule has 0 atom stereocenters. The van der Waals surface area contributed by atoms with Crippen molar-refractivity contribution in [3.05, 3.63) is 57.5 Å². The van der Waals surface area contributed by atoms with Crippen LogP contribution in [-0.4, -0.2) is 24.7 Å². The number of ether oxygens (including phenoxy) is 3. The predicted octanol–water partition coefficient (Wildman–Crippen LogP) is 5.07. The van der Waals surface area contributed by atoms with E-state index in [1.54, 1.807) is 25.5 Å². The first-order valence-corrected chi connectivity index (χ1v) is 9.92. The number of esters is 1. The summed E-state index contributed by atoms with van der Waals surface area (Å²) < 4.78 is 16.8. The summed E-state index contributed by atoms with van der Waals surface area (Å²) in [5.41, 5.74) is 1.36. The summed E-state index contributed by atoms with van der Waals surface area (Å²) in [4.78, 5) is 17.0. The largest absolute Gasteiger partial charge is 0.496 e. The SMILES string of the molecule is CCOc1cc(C#N)cc(Br)c1OC(=O)c1csc(-c2ccccc2OC)n1. The smallest absolute Gasteiger partial charge is 0.363 e. The third kappa shape index (κ3) is 4.16. The van der Waals surface area contributed by atoms with E-state index in [0.717, 1.165) is 5.56 Å². The quantitative estimate of drug-likeness (QED) is 0.378. The van der Waals surface area contributed by atoms with E-state index in [2.05, 4.69) is 20.9 Å². The molecule has 0 spiro atoms. The fraction of sp³-hybridized carbons (Fsp3) is 0.150. The Morgan fingerprint density at radius 1 is 1.29 bits per heavy atom. The third-order valence-electron chi connectivity index (χ3n) is 3.68. The molecule has 0 aliphatic rings. The summed E-state index contributed by atoms with van der Waals surface area (Å²) in [7, 11) is 1.58. The number of nitrogens with zero attached hydrogens (tertiary/aromatic N) is 2. The lowest BCUT2D eigenvalue weighted by atomic mass is 10.2. The first-order valence-electron chi connectivity index (χ1n) is 8.25. The van der Waals surface area contributed by atoms with Gasteiger partial charge in [0.2, 0.25) is 0 Å². The Labute approximate surface area is 174 Å². The van der Waals surface area contributed by atoms with Crippen LogP contribution in [0.2, 0.25) is 0 Å². The molecular formula is C20H15BrN2O4S. The van der Waals surface area contributed by atoms with Gasteiger partial charge >= 0.3 is 5.97 Å². The van der Waals surface area contributed by atoms with E-state index in [1.807, 2.05) is 30.3 Å². The van der Waals surface area contributed by atoms with Gasteiger partial charge in [-0.1, -0.05) is 12.1 Å². The molecule has 1 heterocycles. The summed E-state index contributed by atoms with van der Waals surface area (Å²) in [5, 5.41) is 11.4. The number of rotatable bonds is 6. The van der Waals surface area contributed by atoms with E-state index >= 15 is 0 Å². The highest BCUT2D eigenvalue weighted by molar-refractivity contribution is 9.10. The number of hydrogen-bond acceptors (Lipinski definition) is 7. The minimum atomic E-state index is -0.622. The fourth-order valence-electron chi connectivity index (χ4n) is 2.45. The molecule has 6 nitrogen and oxygen atoms in total. The van der Waals surface area contributed by atoms with Crippen LogP contribution >= 0.6 is 27.3 Å². The van der Waals surface area contributed by atoms with Gasteiger partial charge in [-0.15, -0.1) is 11.3 Å². The van der Waals surface area contributed by atoms with Crippen LogP contribution in [0.4, 0.5) is 0 Å².